The van der Waals surface area contributed by atoms with E-state index in [1.165, 1.54) is 19.2 Å². The molecule has 0 aliphatic rings. The van der Waals surface area contributed by atoms with Gasteiger partial charge in [-0.3, -0.25) is 4.99 Å². The third kappa shape index (κ3) is 5.48. The standard InChI is InChI=1S/C24H21NO6/c1-29-21-8-4-6-19(14-25-20-7-3-5-18(13-20)24(28)30-2)22(21)31-15-16-9-11-17(12-10-16)23(26)27/h3-14H,15H2,1-2H3,(H,26,27). The summed E-state index contributed by atoms with van der Waals surface area (Å²) in [7, 11) is 2.87. The van der Waals surface area contributed by atoms with Crippen molar-refractivity contribution < 1.29 is 28.9 Å². The first-order chi connectivity index (χ1) is 15.0. The maximum absolute atomic E-state index is 11.7. The molecule has 0 heterocycles. The van der Waals surface area contributed by atoms with Gasteiger partial charge in [0.05, 0.1) is 31.0 Å². The number of aliphatic imine (C=N–C) groups is 1. The molecule has 0 atom stereocenters. The summed E-state index contributed by atoms with van der Waals surface area (Å²) in [6.07, 6.45) is 1.63. The Balaban J connectivity index is 1.82. The van der Waals surface area contributed by atoms with E-state index in [2.05, 4.69) is 4.99 Å². The molecule has 7 nitrogen and oxygen atoms in total. The van der Waals surface area contributed by atoms with E-state index >= 15 is 0 Å². The van der Waals surface area contributed by atoms with Crippen LogP contribution < -0.4 is 9.47 Å². The predicted octanol–water partition coefficient (Wildman–Crippen LogP) is 4.51. The lowest BCUT2D eigenvalue weighted by Crippen LogP contribution is -2.02. The van der Waals surface area contributed by atoms with Crippen molar-refractivity contribution in [3.8, 4) is 11.5 Å². The first kappa shape index (κ1) is 21.6. The molecule has 1 N–H and O–H groups in total. The van der Waals surface area contributed by atoms with E-state index in [0.29, 0.717) is 28.3 Å². The number of aromatic carboxylic acids is 1. The van der Waals surface area contributed by atoms with Crippen molar-refractivity contribution in [3.05, 3.63) is 89.0 Å². The molecular weight excluding hydrogens is 398 g/mol. The molecule has 0 amide bonds. The Labute approximate surface area is 179 Å². The van der Waals surface area contributed by atoms with Gasteiger partial charge < -0.3 is 19.3 Å². The van der Waals surface area contributed by atoms with Gasteiger partial charge in [-0.15, -0.1) is 0 Å². The highest BCUT2D eigenvalue weighted by Crippen LogP contribution is 2.31. The Bertz CT molecular complexity index is 1110. The number of rotatable bonds is 8. The van der Waals surface area contributed by atoms with Gasteiger partial charge in [0.15, 0.2) is 11.5 Å². The average Bonchev–Trinajstić information content (AvgIpc) is 2.81. The summed E-state index contributed by atoms with van der Waals surface area (Å²) in [5.41, 5.74) is 2.70. The van der Waals surface area contributed by atoms with Gasteiger partial charge in [0.1, 0.15) is 6.61 Å². The van der Waals surface area contributed by atoms with Gasteiger partial charge in [-0.05, 0) is 48.0 Å². The smallest absolute Gasteiger partial charge is 0.337 e. The Morgan fingerprint density at radius 3 is 2.39 bits per heavy atom. The number of para-hydroxylation sites is 1. The molecule has 0 aromatic heterocycles. The Kier molecular flexibility index (Phi) is 7.01. The van der Waals surface area contributed by atoms with Crippen LogP contribution in [0.3, 0.4) is 0 Å². The summed E-state index contributed by atoms with van der Waals surface area (Å²) < 4.78 is 16.1. The summed E-state index contributed by atoms with van der Waals surface area (Å²) in [5.74, 6) is -0.377. The number of carbonyl (C=O) groups is 2. The third-order valence-electron chi connectivity index (χ3n) is 4.43. The number of ether oxygens (including phenoxy) is 3. The van der Waals surface area contributed by atoms with Crippen LogP contribution in [0.5, 0.6) is 11.5 Å². The Morgan fingerprint density at radius 1 is 0.968 bits per heavy atom. The molecule has 0 bridgehead atoms. The van der Waals surface area contributed by atoms with Gasteiger partial charge in [0.25, 0.3) is 0 Å². The molecule has 158 valence electrons. The number of carbonyl (C=O) groups excluding carboxylic acids is 1. The quantitative estimate of drug-likeness (QED) is 0.426. The van der Waals surface area contributed by atoms with E-state index in [4.69, 9.17) is 19.3 Å². The van der Waals surface area contributed by atoms with Crippen molar-refractivity contribution in [2.45, 2.75) is 6.61 Å². The van der Waals surface area contributed by atoms with Gasteiger partial charge in [0, 0.05) is 11.8 Å². The first-order valence-electron chi connectivity index (χ1n) is 9.36. The van der Waals surface area contributed by atoms with E-state index in [9.17, 15) is 9.59 Å². The van der Waals surface area contributed by atoms with Gasteiger partial charge in [-0.1, -0.05) is 24.3 Å². The fourth-order valence-electron chi connectivity index (χ4n) is 2.82. The van der Waals surface area contributed by atoms with E-state index < -0.39 is 11.9 Å². The van der Waals surface area contributed by atoms with E-state index in [0.717, 1.165) is 5.56 Å². The summed E-state index contributed by atoms with van der Waals surface area (Å²) in [4.78, 5) is 27.2. The minimum absolute atomic E-state index is 0.211. The fourth-order valence-corrected chi connectivity index (χ4v) is 2.82. The van der Waals surface area contributed by atoms with Gasteiger partial charge in [0.2, 0.25) is 0 Å². The van der Waals surface area contributed by atoms with Crippen molar-refractivity contribution in [2.24, 2.45) is 4.99 Å². The highest BCUT2D eigenvalue weighted by Gasteiger charge is 2.11. The second-order valence-electron chi connectivity index (χ2n) is 6.47. The minimum atomic E-state index is -0.980. The number of carboxylic acids is 1. The Morgan fingerprint density at radius 2 is 1.71 bits per heavy atom. The fraction of sp³-hybridized carbons (Fsp3) is 0.125. The zero-order valence-corrected chi connectivity index (χ0v) is 17.1. The average molecular weight is 419 g/mol. The maximum Gasteiger partial charge on any atom is 0.337 e. The molecule has 0 spiro atoms. The monoisotopic (exact) mass is 419 g/mol. The van der Waals surface area contributed by atoms with Crippen LogP contribution >= 0.6 is 0 Å². The van der Waals surface area contributed by atoms with Gasteiger partial charge >= 0.3 is 11.9 Å². The highest BCUT2D eigenvalue weighted by atomic mass is 16.5. The van der Waals surface area contributed by atoms with E-state index in [1.54, 1.807) is 55.8 Å². The molecule has 3 aromatic carbocycles. The van der Waals surface area contributed by atoms with Crippen LogP contribution in [0.2, 0.25) is 0 Å². The minimum Gasteiger partial charge on any atom is -0.493 e. The van der Waals surface area contributed by atoms with Gasteiger partial charge in [-0.25, -0.2) is 9.59 Å². The number of nitrogens with zero attached hydrogens (tertiary/aromatic N) is 1. The zero-order valence-electron chi connectivity index (χ0n) is 17.1. The summed E-state index contributed by atoms with van der Waals surface area (Å²) in [6.45, 7) is 0.221. The summed E-state index contributed by atoms with van der Waals surface area (Å²) in [5, 5.41) is 9.01. The first-order valence-corrected chi connectivity index (χ1v) is 9.36. The molecule has 3 aromatic rings. The largest absolute Gasteiger partial charge is 0.493 e. The number of esters is 1. The lowest BCUT2D eigenvalue weighted by Gasteiger charge is -2.13. The number of methoxy groups -OCH3 is 2. The lowest BCUT2D eigenvalue weighted by molar-refractivity contribution is 0.0600. The SMILES string of the molecule is COC(=O)c1cccc(N=Cc2cccc(OC)c2OCc2ccc(C(=O)O)cc2)c1. The molecular formula is C24H21NO6. The number of hydrogen-bond acceptors (Lipinski definition) is 6. The van der Waals surface area contributed by atoms with Gasteiger partial charge in [-0.2, -0.15) is 0 Å². The topological polar surface area (TPSA) is 94.4 Å². The van der Waals surface area contributed by atoms with Crippen LogP contribution in [0, 0.1) is 0 Å². The molecule has 3 rings (SSSR count). The second-order valence-corrected chi connectivity index (χ2v) is 6.47. The summed E-state index contributed by atoms with van der Waals surface area (Å²) in [6, 6.07) is 18.7. The molecule has 0 saturated heterocycles. The third-order valence-corrected chi connectivity index (χ3v) is 4.43. The second kappa shape index (κ2) is 10.1. The molecule has 0 aliphatic carbocycles. The van der Waals surface area contributed by atoms with Crippen LogP contribution in [-0.4, -0.2) is 37.5 Å². The van der Waals surface area contributed by atoms with Crippen LogP contribution in [-0.2, 0) is 11.3 Å². The van der Waals surface area contributed by atoms with Crippen molar-refractivity contribution in [3.63, 3.8) is 0 Å². The summed E-state index contributed by atoms with van der Waals surface area (Å²) >= 11 is 0. The van der Waals surface area contributed by atoms with Crippen molar-refractivity contribution in [1.82, 2.24) is 0 Å². The highest BCUT2D eigenvalue weighted by molar-refractivity contribution is 5.91. The Hall–Kier alpha value is -4.13. The molecule has 0 fully saturated rings. The number of benzene rings is 3. The molecule has 31 heavy (non-hydrogen) atoms. The van der Waals surface area contributed by atoms with Crippen LogP contribution in [0.1, 0.15) is 31.8 Å². The van der Waals surface area contributed by atoms with Crippen molar-refractivity contribution in [1.29, 1.82) is 0 Å². The number of hydrogen-bond donors (Lipinski definition) is 1. The van der Waals surface area contributed by atoms with Crippen LogP contribution in [0.4, 0.5) is 5.69 Å². The van der Waals surface area contributed by atoms with Crippen molar-refractivity contribution in [2.75, 3.05) is 14.2 Å². The van der Waals surface area contributed by atoms with E-state index in [1.807, 2.05) is 12.1 Å². The van der Waals surface area contributed by atoms with E-state index in [-0.39, 0.29) is 12.2 Å². The molecule has 0 unspecified atom stereocenters. The molecule has 0 saturated carbocycles. The van der Waals surface area contributed by atoms with Crippen molar-refractivity contribution >= 4 is 23.8 Å². The molecule has 0 radical (unpaired) electrons. The maximum atomic E-state index is 11.7. The molecule has 0 aliphatic heterocycles. The molecule has 7 heteroatoms. The van der Waals surface area contributed by atoms with Crippen LogP contribution in [0.25, 0.3) is 0 Å². The normalized spacial score (nSPS) is 10.6. The number of carboxylic acid groups (broad SMARTS) is 1. The zero-order chi connectivity index (χ0) is 22.2. The lowest BCUT2D eigenvalue weighted by atomic mass is 10.1. The van der Waals surface area contributed by atoms with Crippen LogP contribution in [0.15, 0.2) is 71.7 Å². The predicted molar refractivity (Wildman–Crippen MR) is 116 cm³/mol.